The van der Waals surface area contributed by atoms with Crippen LogP contribution in [0, 0.1) is 0 Å². The molecule has 1 aliphatic heterocycles. The molecule has 0 aromatic rings. The Balaban J connectivity index is 2.45. The minimum absolute atomic E-state index is 0.0715. The Labute approximate surface area is 97.2 Å². The van der Waals surface area contributed by atoms with Crippen LogP contribution in [0.4, 0.5) is 0 Å². The second-order valence-electron chi connectivity index (χ2n) is 5.05. The van der Waals surface area contributed by atoms with Gasteiger partial charge in [-0.3, -0.25) is 4.79 Å². The molecule has 0 aromatic carbocycles. The van der Waals surface area contributed by atoms with Crippen LogP contribution < -0.4 is 0 Å². The Hall–Kier alpha value is -0.610. The third kappa shape index (κ3) is 4.49. The van der Waals surface area contributed by atoms with E-state index in [1.807, 2.05) is 34.6 Å². The zero-order valence-electron chi connectivity index (χ0n) is 10.8. The predicted octanol–water partition coefficient (Wildman–Crippen LogP) is 2.26. The van der Waals surface area contributed by atoms with Crippen molar-refractivity contribution in [3.05, 3.63) is 0 Å². The van der Waals surface area contributed by atoms with Crippen LogP contribution in [0.25, 0.3) is 0 Å². The number of carbonyl (C=O) groups excluding carboxylic acids is 1. The van der Waals surface area contributed by atoms with Gasteiger partial charge in [-0.1, -0.05) is 0 Å². The summed E-state index contributed by atoms with van der Waals surface area (Å²) in [7, 11) is 0. The maximum atomic E-state index is 11.5. The van der Waals surface area contributed by atoms with Gasteiger partial charge in [-0.05, 0) is 34.6 Å². The fraction of sp³-hybridized carbons (Fsp3) is 0.917. The number of esters is 1. The standard InChI is InChI=1S/C12H22O4/c1-8(2)14-11(13)7-10-6-9(3)15-12(4,5)16-10/h8-10H,6-7H2,1-5H3/t9-,10-/m1/s1. The monoisotopic (exact) mass is 230 g/mol. The minimum atomic E-state index is -0.611. The van der Waals surface area contributed by atoms with Gasteiger partial charge in [-0.25, -0.2) is 0 Å². The van der Waals surface area contributed by atoms with Gasteiger partial charge in [0.15, 0.2) is 5.79 Å². The van der Waals surface area contributed by atoms with Crippen molar-refractivity contribution < 1.29 is 19.0 Å². The lowest BCUT2D eigenvalue weighted by Crippen LogP contribution is -2.44. The molecule has 94 valence electrons. The Morgan fingerprint density at radius 3 is 2.56 bits per heavy atom. The fourth-order valence-corrected chi connectivity index (χ4v) is 2.00. The van der Waals surface area contributed by atoms with Gasteiger partial charge in [0.1, 0.15) is 0 Å². The molecule has 1 fully saturated rings. The third-order valence-corrected chi connectivity index (χ3v) is 2.29. The summed E-state index contributed by atoms with van der Waals surface area (Å²) in [4.78, 5) is 11.5. The Kier molecular flexibility index (Phi) is 4.33. The first kappa shape index (κ1) is 13.5. The maximum Gasteiger partial charge on any atom is 0.308 e. The summed E-state index contributed by atoms with van der Waals surface area (Å²) in [6.45, 7) is 9.41. The van der Waals surface area contributed by atoms with E-state index >= 15 is 0 Å². The molecule has 0 amide bonds. The zero-order chi connectivity index (χ0) is 12.3. The minimum Gasteiger partial charge on any atom is -0.463 e. The summed E-state index contributed by atoms with van der Waals surface area (Å²) in [6, 6.07) is 0. The SMILES string of the molecule is CC(C)OC(=O)C[C@H]1C[C@@H](C)OC(C)(C)O1. The van der Waals surface area contributed by atoms with Gasteiger partial charge in [0, 0.05) is 6.42 Å². The fourth-order valence-electron chi connectivity index (χ4n) is 2.00. The topological polar surface area (TPSA) is 44.8 Å². The summed E-state index contributed by atoms with van der Waals surface area (Å²) in [5.41, 5.74) is 0. The molecule has 1 aliphatic rings. The van der Waals surface area contributed by atoms with Crippen LogP contribution in [0.3, 0.4) is 0 Å². The molecule has 0 bridgehead atoms. The molecule has 0 saturated carbocycles. The maximum absolute atomic E-state index is 11.5. The van der Waals surface area contributed by atoms with E-state index in [0.717, 1.165) is 6.42 Å². The highest BCUT2D eigenvalue weighted by molar-refractivity contribution is 5.70. The van der Waals surface area contributed by atoms with Crippen LogP contribution in [0.1, 0.15) is 47.5 Å². The quantitative estimate of drug-likeness (QED) is 0.698. The first-order valence-electron chi connectivity index (χ1n) is 5.83. The first-order chi connectivity index (χ1) is 7.28. The van der Waals surface area contributed by atoms with Crippen LogP contribution in [-0.4, -0.2) is 30.1 Å². The molecule has 16 heavy (non-hydrogen) atoms. The van der Waals surface area contributed by atoms with Gasteiger partial charge in [-0.2, -0.15) is 0 Å². The lowest BCUT2D eigenvalue weighted by molar-refractivity contribution is -0.296. The molecule has 0 unspecified atom stereocenters. The van der Waals surface area contributed by atoms with E-state index in [9.17, 15) is 4.79 Å². The highest BCUT2D eigenvalue weighted by Crippen LogP contribution is 2.28. The first-order valence-corrected chi connectivity index (χ1v) is 5.83. The molecular formula is C12H22O4. The van der Waals surface area contributed by atoms with E-state index in [-0.39, 0.29) is 24.3 Å². The van der Waals surface area contributed by atoms with Crippen LogP contribution in [0.15, 0.2) is 0 Å². The van der Waals surface area contributed by atoms with Gasteiger partial charge < -0.3 is 14.2 Å². The number of ether oxygens (including phenoxy) is 3. The zero-order valence-corrected chi connectivity index (χ0v) is 10.8. The smallest absolute Gasteiger partial charge is 0.308 e. The van der Waals surface area contributed by atoms with E-state index in [1.54, 1.807) is 0 Å². The Morgan fingerprint density at radius 1 is 1.44 bits per heavy atom. The second-order valence-corrected chi connectivity index (χ2v) is 5.05. The van der Waals surface area contributed by atoms with Gasteiger partial charge in [0.25, 0.3) is 0 Å². The lowest BCUT2D eigenvalue weighted by atomic mass is 10.1. The highest BCUT2D eigenvalue weighted by atomic mass is 16.7. The molecule has 0 N–H and O–H groups in total. The van der Waals surface area contributed by atoms with Crippen LogP contribution in [0.2, 0.25) is 0 Å². The van der Waals surface area contributed by atoms with E-state index in [1.165, 1.54) is 0 Å². The summed E-state index contributed by atoms with van der Waals surface area (Å²) >= 11 is 0. The molecule has 1 saturated heterocycles. The molecule has 4 nitrogen and oxygen atoms in total. The predicted molar refractivity (Wildman–Crippen MR) is 60.0 cm³/mol. The summed E-state index contributed by atoms with van der Waals surface area (Å²) < 4.78 is 16.4. The third-order valence-electron chi connectivity index (χ3n) is 2.29. The summed E-state index contributed by atoms with van der Waals surface area (Å²) in [5.74, 6) is -0.814. The largest absolute Gasteiger partial charge is 0.463 e. The molecule has 0 spiro atoms. The molecule has 0 aromatic heterocycles. The molecule has 0 aliphatic carbocycles. The average molecular weight is 230 g/mol. The van der Waals surface area contributed by atoms with Crippen molar-refractivity contribution in [1.82, 2.24) is 0 Å². The van der Waals surface area contributed by atoms with E-state index in [2.05, 4.69) is 0 Å². The number of carbonyl (C=O) groups is 1. The molecule has 4 heteroatoms. The van der Waals surface area contributed by atoms with Crippen LogP contribution in [0.5, 0.6) is 0 Å². The molecule has 0 radical (unpaired) electrons. The number of rotatable bonds is 3. The van der Waals surface area contributed by atoms with Crippen LogP contribution in [-0.2, 0) is 19.0 Å². The van der Waals surface area contributed by atoms with Gasteiger partial charge in [0.2, 0.25) is 0 Å². The molecule has 2 atom stereocenters. The number of hydrogen-bond donors (Lipinski definition) is 0. The van der Waals surface area contributed by atoms with Crippen molar-refractivity contribution in [2.75, 3.05) is 0 Å². The molecule has 1 rings (SSSR count). The van der Waals surface area contributed by atoms with Gasteiger partial charge >= 0.3 is 5.97 Å². The van der Waals surface area contributed by atoms with E-state index < -0.39 is 5.79 Å². The summed E-state index contributed by atoms with van der Waals surface area (Å²) in [6.07, 6.45) is 0.967. The second kappa shape index (κ2) is 5.15. The van der Waals surface area contributed by atoms with Crippen molar-refractivity contribution >= 4 is 5.97 Å². The average Bonchev–Trinajstić information content (AvgIpc) is 1.95. The van der Waals surface area contributed by atoms with Crippen LogP contribution >= 0.6 is 0 Å². The van der Waals surface area contributed by atoms with Crippen molar-refractivity contribution in [2.45, 2.75) is 71.6 Å². The lowest BCUT2D eigenvalue weighted by Gasteiger charge is -2.39. The molecule has 1 heterocycles. The number of hydrogen-bond acceptors (Lipinski definition) is 4. The Bertz CT molecular complexity index is 247. The van der Waals surface area contributed by atoms with E-state index in [0.29, 0.717) is 6.42 Å². The van der Waals surface area contributed by atoms with Crippen molar-refractivity contribution in [1.29, 1.82) is 0 Å². The molecular weight excluding hydrogens is 208 g/mol. The van der Waals surface area contributed by atoms with Crippen molar-refractivity contribution in [2.24, 2.45) is 0 Å². The van der Waals surface area contributed by atoms with E-state index in [4.69, 9.17) is 14.2 Å². The van der Waals surface area contributed by atoms with Gasteiger partial charge in [-0.15, -0.1) is 0 Å². The van der Waals surface area contributed by atoms with Gasteiger partial charge in [0.05, 0.1) is 24.7 Å². The van der Waals surface area contributed by atoms with Crippen molar-refractivity contribution in [3.63, 3.8) is 0 Å². The highest BCUT2D eigenvalue weighted by Gasteiger charge is 2.34. The van der Waals surface area contributed by atoms with Crippen molar-refractivity contribution in [3.8, 4) is 0 Å². The Morgan fingerprint density at radius 2 is 2.06 bits per heavy atom. The summed E-state index contributed by atoms with van der Waals surface area (Å²) in [5, 5.41) is 0. The normalized spacial score (nSPS) is 29.1.